The SMILES string of the molecule is CCOC(=O)N1CCC[C@H](C(=O)Nc2cccc(C(=O)N3CCCC[C@H]3C(=O)O)c2)C1. The van der Waals surface area contributed by atoms with Crippen LogP contribution in [-0.4, -0.2) is 71.1 Å². The molecule has 2 aliphatic rings. The third-order valence-electron chi connectivity index (χ3n) is 5.74. The number of carbonyl (C=O) groups is 4. The zero-order chi connectivity index (χ0) is 22.4. The van der Waals surface area contributed by atoms with Crippen LogP contribution < -0.4 is 5.32 Å². The highest BCUT2D eigenvalue weighted by Crippen LogP contribution is 2.23. The quantitative estimate of drug-likeness (QED) is 0.740. The summed E-state index contributed by atoms with van der Waals surface area (Å²) in [5.41, 5.74) is 0.802. The average Bonchev–Trinajstić information content (AvgIpc) is 2.79. The zero-order valence-electron chi connectivity index (χ0n) is 17.7. The van der Waals surface area contributed by atoms with Crippen LogP contribution in [0.5, 0.6) is 0 Å². The average molecular weight is 431 g/mol. The number of hydrogen-bond acceptors (Lipinski definition) is 5. The van der Waals surface area contributed by atoms with Crippen molar-refractivity contribution in [1.82, 2.24) is 9.80 Å². The van der Waals surface area contributed by atoms with Gasteiger partial charge in [0.2, 0.25) is 5.91 Å². The molecule has 0 unspecified atom stereocenters. The van der Waals surface area contributed by atoms with Gasteiger partial charge in [-0.15, -0.1) is 0 Å². The van der Waals surface area contributed by atoms with Gasteiger partial charge in [0.15, 0.2) is 0 Å². The summed E-state index contributed by atoms with van der Waals surface area (Å²) in [5.74, 6) is -1.94. The van der Waals surface area contributed by atoms with Crippen molar-refractivity contribution in [3.05, 3.63) is 29.8 Å². The maximum absolute atomic E-state index is 12.9. The van der Waals surface area contributed by atoms with E-state index in [1.807, 2.05) is 0 Å². The number of ether oxygens (including phenoxy) is 1. The van der Waals surface area contributed by atoms with Gasteiger partial charge < -0.3 is 25.0 Å². The van der Waals surface area contributed by atoms with Gasteiger partial charge in [-0.1, -0.05) is 6.07 Å². The Kier molecular flexibility index (Phi) is 7.49. The van der Waals surface area contributed by atoms with Gasteiger partial charge in [0.1, 0.15) is 6.04 Å². The van der Waals surface area contributed by atoms with Crippen LogP contribution >= 0.6 is 0 Å². The monoisotopic (exact) mass is 431 g/mol. The lowest BCUT2D eigenvalue weighted by atomic mass is 9.97. The van der Waals surface area contributed by atoms with E-state index >= 15 is 0 Å². The van der Waals surface area contributed by atoms with E-state index in [9.17, 15) is 24.3 Å². The van der Waals surface area contributed by atoms with Crippen molar-refractivity contribution in [2.75, 3.05) is 31.6 Å². The molecule has 168 valence electrons. The van der Waals surface area contributed by atoms with Crippen molar-refractivity contribution < 1.29 is 29.0 Å². The second-order valence-electron chi connectivity index (χ2n) is 7.90. The molecule has 2 heterocycles. The first-order valence-electron chi connectivity index (χ1n) is 10.8. The van der Waals surface area contributed by atoms with E-state index in [4.69, 9.17) is 4.74 Å². The maximum atomic E-state index is 12.9. The first-order chi connectivity index (χ1) is 14.9. The number of nitrogens with one attached hydrogen (secondary N) is 1. The fourth-order valence-electron chi connectivity index (χ4n) is 4.14. The van der Waals surface area contributed by atoms with Gasteiger partial charge in [-0.2, -0.15) is 0 Å². The minimum atomic E-state index is -0.999. The predicted molar refractivity (Wildman–Crippen MR) is 113 cm³/mol. The van der Waals surface area contributed by atoms with E-state index in [1.165, 1.54) is 4.90 Å². The number of likely N-dealkylation sites (tertiary alicyclic amines) is 2. The molecule has 1 aromatic carbocycles. The molecule has 2 atom stereocenters. The van der Waals surface area contributed by atoms with Crippen molar-refractivity contribution >= 4 is 29.6 Å². The van der Waals surface area contributed by atoms with Gasteiger partial charge in [0, 0.05) is 30.9 Å². The van der Waals surface area contributed by atoms with Crippen molar-refractivity contribution in [3.63, 3.8) is 0 Å². The Balaban J connectivity index is 1.66. The number of carboxylic acid groups (broad SMARTS) is 1. The Hall–Kier alpha value is -3.10. The molecule has 2 aliphatic heterocycles. The lowest BCUT2D eigenvalue weighted by Gasteiger charge is -2.33. The van der Waals surface area contributed by atoms with E-state index in [2.05, 4.69) is 5.32 Å². The molecular weight excluding hydrogens is 402 g/mol. The van der Waals surface area contributed by atoms with Crippen molar-refractivity contribution in [1.29, 1.82) is 0 Å². The molecular formula is C22H29N3O6. The first kappa shape index (κ1) is 22.6. The Bertz CT molecular complexity index is 842. The number of piperidine rings is 2. The molecule has 3 amide bonds. The Morgan fingerprint density at radius 3 is 2.68 bits per heavy atom. The van der Waals surface area contributed by atoms with Crippen molar-refractivity contribution in [2.24, 2.45) is 5.92 Å². The molecule has 1 aromatic rings. The summed E-state index contributed by atoms with van der Waals surface area (Å²) in [6.45, 7) is 3.28. The third kappa shape index (κ3) is 5.53. The number of hydrogen-bond donors (Lipinski definition) is 2. The standard InChI is InChI=1S/C22H29N3O6/c1-2-31-22(30)24-11-6-8-16(14-24)19(26)23-17-9-5-7-15(13-17)20(27)25-12-4-3-10-18(25)21(28)29/h5,7,9,13,16,18H,2-4,6,8,10-12,14H2,1H3,(H,23,26)(H,28,29)/t16-,18-/m0/s1. The lowest BCUT2D eigenvalue weighted by molar-refractivity contribution is -0.143. The molecule has 9 heteroatoms. The maximum Gasteiger partial charge on any atom is 0.409 e. The minimum absolute atomic E-state index is 0.222. The summed E-state index contributed by atoms with van der Waals surface area (Å²) in [5, 5.41) is 12.3. The highest BCUT2D eigenvalue weighted by atomic mass is 16.6. The largest absolute Gasteiger partial charge is 0.480 e. The molecule has 0 bridgehead atoms. The Labute approximate surface area is 181 Å². The molecule has 31 heavy (non-hydrogen) atoms. The van der Waals surface area contributed by atoms with Crippen LogP contribution in [-0.2, 0) is 14.3 Å². The highest BCUT2D eigenvalue weighted by Gasteiger charge is 2.33. The number of aliphatic carboxylic acids is 1. The van der Waals surface area contributed by atoms with Crippen LogP contribution in [0.3, 0.4) is 0 Å². The van der Waals surface area contributed by atoms with Gasteiger partial charge in [0.25, 0.3) is 5.91 Å². The topological polar surface area (TPSA) is 116 Å². The first-order valence-corrected chi connectivity index (χ1v) is 10.8. The van der Waals surface area contributed by atoms with Crippen LogP contribution in [0.15, 0.2) is 24.3 Å². The molecule has 2 saturated heterocycles. The summed E-state index contributed by atoms with van der Waals surface area (Å²) in [6, 6.07) is 5.71. The van der Waals surface area contributed by atoms with Crippen molar-refractivity contribution in [2.45, 2.75) is 45.1 Å². The molecule has 0 aliphatic carbocycles. The van der Waals surface area contributed by atoms with E-state index in [1.54, 1.807) is 36.1 Å². The predicted octanol–water partition coefficient (Wildman–Crippen LogP) is 2.57. The van der Waals surface area contributed by atoms with Crippen LogP contribution in [0.4, 0.5) is 10.5 Å². The highest BCUT2D eigenvalue weighted by molar-refractivity contribution is 5.99. The lowest BCUT2D eigenvalue weighted by Crippen LogP contribution is -2.48. The number of nitrogens with zero attached hydrogens (tertiary/aromatic N) is 2. The minimum Gasteiger partial charge on any atom is -0.480 e. The second-order valence-corrected chi connectivity index (χ2v) is 7.90. The van der Waals surface area contributed by atoms with E-state index in [-0.39, 0.29) is 30.9 Å². The number of benzene rings is 1. The summed E-state index contributed by atoms with van der Waals surface area (Å²) in [7, 11) is 0. The van der Waals surface area contributed by atoms with Crippen LogP contribution in [0.1, 0.15) is 49.4 Å². The zero-order valence-corrected chi connectivity index (χ0v) is 17.7. The van der Waals surface area contributed by atoms with Gasteiger partial charge >= 0.3 is 12.1 Å². The molecule has 2 fully saturated rings. The second kappa shape index (κ2) is 10.3. The molecule has 0 spiro atoms. The van der Waals surface area contributed by atoms with Crippen LogP contribution in [0.25, 0.3) is 0 Å². The number of rotatable bonds is 5. The summed E-state index contributed by atoms with van der Waals surface area (Å²) in [6.07, 6.45) is 2.94. The third-order valence-corrected chi connectivity index (χ3v) is 5.74. The molecule has 2 N–H and O–H groups in total. The van der Waals surface area contributed by atoms with E-state index in [0.29, 0.717) is 43.6 Å². The summed E-state index contributed by atoms with van der Waals surface area (Å²) >= 11 is 0. The van der Waals surface area contributed by atoms with Gasteiger partial charge in [-0.3, -0.25) is 9.59 Å². The normalized spacial score (nSPS) is 21.3. The number of amides is 3. The molecule has 0 radical (unpaired) electrons. The van der Waals surface area contributed by atoms with Gasteiger partial charge in [-0.25, -0.2) is 9.59 Å². The number of carbonyl (C=O) groups excluding carboxylic acids is 3. The Morgan fingerprint density at radius 1 is 1.13 bits per heavy atom. The smallest absolute Gasteiger partial charge is 0.409 e. The van der Waals surface area contributed by atoms with Gasteiger partial charge in [0.05, 0.1) is 12.5 Å². The Morgan fingerprint density at radius 2 is 1.94 bits per heavy atom. The summed E-state index contributed by atoms with van der Waals surface area (Å²) in [4.78, 5) is 52.1. The fraction of sp³-hybridized carbons (Fsp3) is 0.545. The van der Waals surface area contributed by atoms with E-state index in [0.717, 1.165) is 12.8 Å². The molecule has 3 rings (SSSR count). The molecule has 9 nitrogen and oxygen atoms in total. The van der Waals surface area contributed by atoms with Crippen LogP contribution in [0, 0.1) is 5.92 Å². The van der Waals surface area contributed by atoms with E-state index < -0.39 is 18.1 Å². The molecule has 0 saturated carbocycles. The summed E-state index contributed by atoms with van der Waals surface area (Å²) < 4.78 is 5.02. The molecule has 0 aromatic heterocycles. The fourth-order valence-corrected chi connectivity index (χ4v) is 4.14. The van der Waals surface area contributed by atoms with Crippen LogP contribution in [0.2, 0.25) is 0 Å². The number of anilines is 1. The van der Waals surface area contributed by atoms with Crippen molar-refractivity contribution in [3.8, 4) is 0 Å². The number of carboxylic acids is 1. The van der Waals surface area contributed by atoms with Gasteiger partial charge in [-0.05, 0) is 57.2 Å².